The van der Waals surface area contributed by atoms with Crippen LogP contribution in [0, 0.1) is 17.8 Å². The van der Waals surface area contributed by atoms with Crippen LogP contribution in [0.2, 0.25) is 0 Å². The van der Waals surface area contributed by atoms with Crippen LogP contribution in [0.1, 0.15) is 32.6 Å². The second-order valence-electron chi connectivity index (χ2n) is 5.31. The number of cyclic esters (lactones) is 1. The molecule has 1 aliphatic heterocycles. The quantitative estimate of drug-likeness (QED) is 0.727. The summed E-state index contributed by atoms with van der Waals surface area (Å²) in [5.41, 5.74) is 0. The van der Waals surface area contributed by atoms with Crippen molar-refractivity contribution in [3.05, 3.63) is 0 Å². The largest absolute Gasteiger partial charge is 0.481 e. The van der Waals surface area contributed by atoms with Gasteiger partial charge in [-0.3, -0.25) is 9.59 Å². The van der Waals surface area contributed by atoms with E-state index in [0.717, 1.165) is 6.42 Å². The first-order chi connectivity index (χ1) is 9.02. The van der Waals surface area contributed by atoms with E-state index in [4.69, 9.17) is 4.74 Å². The second-order valence-corrected chi connectivity index (χ2v) is 5.31. The molecule has 1 amide bonds. The maximum absolute atomic E-state index is 12.1. The summed E-state index contributed by atoms with van der Waals surface area (Å²) < 4.78 is 4.78. The van der Waals surface area contributed by atoms with Gasteiger partial charge in [0, 0.05) is 6.42 Å². The fourth-order valence-electron chi connectivity index (χ4n) is 2.94. The normalized spacial score (nSPS) is 34.1. The first-order valence-corrected chi connectivity index (χ1v) is 6.72. The minimum atomic E-state index is -0.926. The number of nitrogens with one attached hydrogen (secondary N) is 1. The van der Waals surface area contributed by atoms with Gasteiger partial charge in [-0.25, -0.2) is 4.79 Å². The molecule has 0 aromatic heterocycles. The molecule has 2 unspecified atom stereocenters. The van der Waals surface area contributed by atoms with Crippen molar-refractivity contribution in [2.24, 2.45) is 17.8 Å². The molecule has 2 aliphatic rings. The molecule has 0 aromatic carbocycles. The van der Waals surface area contributed by atoms with Crippen LogP contribution in [-0.2, 0) is 19.1 Å². The summed E-state index contributed by atoms with van der Waals surface area (Å²) in [6, 6.07) is -0.609. The number of carboxylic acid groups (broad SMARTS) is 1. The lowest BCUT2D eigenvalue weighted by atomic mass is 9.95. The first kappa shape index (κ1) is 13.8. The van der Waals surface area contributed by atoms with Crippen LogP contribution in [0.3, 0.4) is 0 Å². The second kappa shape index (κ2) is 5.59. The third kappa shape index (κ3) is 2.88. The van der Waals surface area contributed by atoms with E-state index in [1.807, 2.05) is 6.92 Å². The van der Waals surface area contributed by atoms with Crippen LogP contribution < -0.4 is 5.32 Å². The number of amides is 1. The number of carbonyl (C=O) groups excluding carboxylic acids is 2. The van der Waals surface area contributed by atoms with E-state index in [1.165, 1.54) is 0 Å². The van der Waals surface area contributed by atoms with Crippen molar-refractivity contribution in [2.45, 2.75) is 38.6 Å². The zero-order chi connectivity index (χ0) is 14.0. The van der Waals surface area contributed by atoms with Crippen molar-refractivity contribution in [1.29, 1.82) is 0 Å². The van der Waals surface area contributed by atoms with Gasteiger partial charge in [-0.2, -0.15) is 0 Å². The number of carbonyl (C=O) groups is 3. The van der Waals surface area contributed by atoms with Crippen LogP contribution in [-0.4, -0.2) is 35.6 Å². The Hall–Kier alpha value is -1.59. The molecule has 1 saturated carbocycles. The summed E-state index contributed by atoms with van der Waals surface area (Å²) in [5.74, 6) is -2.58. The highest BCUT2D eigenvalue weighted by Gasteiger charge is 2.43. The Morgan fingerprint density at radius 1 is 1.37 bits per heavy atom. The molecular weight excluding hydrogens is 250 g/mol. The molecule has 6 nitrogen and oxygen atoms in total. The van der Waals surface area contributed by atoms with Crippen LogP contribution in [0.4, 0.5) is 0 Å². The molecule has 19 heavy (non-hydrogen) atoms. The Morgan fingerprint density at radius 2 is 2.05 bits per heavy atom. The highest BCUT2D eigenvalue weighted by atomic mass is 16.5. The Labute approximate surface area is 111 Å². The smallest absolute Gasteiger partial charge is 0.328 e. The predicted octanol–water partition coefficient (Wildman–Crippen LogP) is 0.555. The van der Waals surface area contributed by atoms with Crippen molar-refractivity contribution in [3.8, 4) is 0 Å². The van der Waals surface area contributed by atoms with Gasteiger partial charge in [0.25, 0.3) is 0 Å². The van der Waals surface area contributed by atoms with Gasteiger partial charge in [0.05, 0.1) is 18.4 Å². The van der Waals surface area contributed by atoms with Gasteiger partial charge in [0.15, 0.2) is 0 Å². The number of ether oxygens (including phenoxy) is 1. The number of carboxylic acids is 1. The highest BCUT2D eigenvalue weighted by molar-refractivity contribution is 5.89. The molecule has 1 heterocycles. The van der Waals surface area contributed by atoms with E-state index in [9.17, 15) is 19.5 Å². The van der Waals surface area contributed by atoms with E-state index in [2.05, 4.69) is 5.32 Å². The Balaban J connectivity index is 2.00. The van der Waals surface area contributed by atoms with Crippen LogP contribution >= 0.6 is 0 Å². The van der Waals surface area contributed by atoms with E-state index in [-0.39, 0.29) is 11.8 Å². The van der Waals surface area contributed by atoms with Crippen molar-refractivity contribution < 1.29 is 24.2 Å². The van der Waals surface area contributed by atoms with E-state index in [0.29, 0.717) is 25.9 Å². The third-order valence-corrected chi connectivity index (χ3v) is 4.14. The molecule has 1 aliphatic carbocycles. The Morgan fingerprint density at radius 3 is 2.58 bits per heavy atom. The highest BCUT2D eigenvalue weighted by Crippen LogP contribution is 2.38. The molecular formula is C13H19NO5. The average Bonchev–Trinajstić information content (AvgIpc) is 2.96. The van der Waals surface area contributed by atoms with Gasteiger partial charge in [-0.05, 0) is 18.8 Å². The number of hydrogen-bond acceptors (Lipinski definition) is 4. The molecule has 1 saturated heterocycles. The molecule has 0 bridgehead atoms. The van der Waals surface area contributed by atoms with Crippen LogP contribution in [0.5, 0.6) is 0 Å². The minimum absolute atomic E-state index is 0.271. The van der Waals surface area contributed by atoms with E-state index < -0.39 is 29.8 Å². The predicted molar refractivity (Wildman–Crippen MR) is 65.1 cm³/mol. The molecule has 106 valence electrons. The van der Waals surface area contributed by atoms with Gasteiger partial charge in [0.1, 0.15) is 6.04 Å². The molecule has 0 radical (unpaired) electrons. The lowest BCUT2D eigenvalue weighted by molar-refractivity contribution is -0.146. The zero-order valence-electron chi connectivity index (χ0n) is 10.9. The molecule has 0 spiro atoms. The van der Waals surface area contributed by atoms with E-state index in [1.54, 1.807) is 0 Å². The lowest BCUT2D eigenvalue weighted by Gasteiger charge is -2.17. The zero-order valence-corrected chi connectivity index (χ0v) is 10.9. The summed E-state index contributed by atoms with van der Waals surface area (Å²) in [6.45, 7) is 2.31. The number of aliphatic carboxylic acids is 1. The molecule has 4 atom stereocenters. The summed E-state index contributed by atoms with van der Waals surface area (Å²) in [7, 11) is 0. The van der Waals surface area contributed by atoms with Crippen LogP contribution in [0.15, 0.2) is 0 Å². The number of esters is 1. The molecule has 0 aromatic rings. The average molecular weight is 269 g/mol. The first-order valence-electron chi connectivity index (χ1n) is 6.72. The molecule has 2 rings (SSSR count). The van der Waals surface area contributed by atoms with Crippen LogP contribution in [0.25, 0.3) is 0 Å². The van der Waals surface area contributed by atoms with Gasteiger partial charge < -0.3 is 15.2 Å². The fraction of sp³-hybridized carbons (Fsp3) is 0.769. The monoisotopic (exact) mass is 269 g/mol. The van der Waals surface area contributed by atoms with Gasteiger partial charge >= 0.3 is 11.9 Å². The number of rotatable bonds is 4. The minimum Gasteiger partial charge on any atom is -0.481 e. The summed E-state index contributed by atoms with van der Waals surface area (Å²) >= 11 is 0. The Bertz CT molecular complexity index is 394. The van der Waals surface area contributed by atoms with Crippen molar-refractivity contribution in [3.63, 3.8) is 0 Å². The Kier molecular flexibility index (Phi) is 4.07. The summed E-state index contributed by atoms with van der Waals surface area (Å²) in [5, 5.41) is 11.8. The standard InChI is InChI=1S/C13H19NO5/c1-2-7-5-8(9(6-7)12(16)17)11(15)14-10-3-4-19-13(10)18/h7-10H,2-6H2,1H3,(H,14,15)(H,16,17)/t7?,8-,9+,10?/m0/s1. The lowest BCUT2D eigenvalue weighted by Crippen LogP contribution is -2.43. The maximum Gasteiger partial charge on any atom is 0.328 e. The molecule has 2 fully saturated rings. The molecule has 2 N–H and O–H groups in total. The van der Waals surface area contributed by atoms with E-state index >= 15 is 0 Å². The molecule has 6 heteroatoms. The van der Waals surface area contributed by atoms with Gasteiger partial charge in [0.2, 0.25) is 5.91 Å². The van der Waals surface area contributed by atoms with Gasteiger partial charge in [-0.1, -0.05) is 13.3 Å². The summed E-state index contributed by atoms with van der Waals surface area (Å²) in [6.07, 6.45) is 2.46. The van der Waals surface area contributed by atoms with Crippen molar-refractivity contribution in [1.82, 2.24) is 5.32 Å². The third-order valence-electron chi connectivity index (χ3n) is 4.14. The van der Waals surface area contributed by atoms with Crippen molar-refractivity contribution >= 4 is 17.8 Å². The van der Waals surface area contributed by atoms with Crippen molar-refractivity contribution in [2.75, 3.05) is 6.61 Å². The SMILES string of the molecule is CCC1C[C@H](C(=O)NC2CCOC2=O)[C@H](C(=O)O)C1. The number of hydrogen-bond donors (Lipinski definition) is 2. The fourth-order valence-corrected chi connectivity index (χ4v) is 2.94. The maximum atomic E-state index is 12.1. The summed E-state index contributed by atoms with van der Waals surface area (Å²) in [4.78, 5) is 34.7. The van der Waals surface area contributed by atoms with Gasteiger partial charge in [-0.15, -0.1) is 0 Å². The topological polar surface area (TPSA) is 92.7 Å².